The van der Waals surface area contributed by atoms with Crippen molar-refractivity contribution in [3.63, 3.8) is 0 Å². The fraction of sp³-hybridized carbons (Fsp3) is 0.632. The van der Waals surface area contributed by atoms with Crippen LogP contribution in [-0.4, -0.2) is 50.3 Å². The molecule has 1 saturated heterocycles. The molecule has 5 nitrogen and oxygen atoms in total. The van der Waals surface area contributed by atoms with Crippen molar-refractivity contribution in [1.29, 1.82) is 0 Å². The molecular weight excluding hydrogens is 427 g/mol. The van der Waals surface area contributed by atoms with Gasteiger partial charge < -0.3 is 15.4 Å². The molecule has 0 bridgehead atoms. The molecule has 140 valence electrons. The van der Waals surface area contributed by atoms with Gasteiger partial charge in [0.05, 0.1) is 12.7 Å². The Morgan fingerprint density at radius 2 is 2.08 bits per heavy atom. The van der Waals surface area contributed by atoms with E-state index in [-0.39, 0.29) is 24.0 Å². The monoisotopic (exact) mass is 458 g/mol. The summed E-state index contributed by atoms with van der Waals surface area (Å²) in [4.78, 5) is 6.77. The molecule has 1 aromatic carbocycles. The molecule has 2 fully saturated rings. The fourth-order valence-corrected chi connectivity index (χ4v) is 3.10. The van der Waals surface area contributed by atoms with Gasteiger partial charge in [-0.25, -0.2) is 0 Å². The second-order valence-corrected chi connectivity index (χ2v) is 6.99. The molecule has 1 aromatic rings. The first-order valence-electron chi connectivity index (χ1n) is 9.09. The van der Waals surface area contributed by atoms with E-state index in [1.54, 1.807) is 0 Å². The molecule has 6 heteroatoms. The van der Waals surface area contributed by atoms with Crippen molar-refractivity contribution in [2.45, 2.75) is 39.0 Å². The Hall–Kier alpha value is -0.860. The minimum Gasteiger partial charge on any atom is -0.376 e. The maximum absolute atomic E-state index is 5.62. The van der Waals surface area contributed by atoms with Gasteiger partial charge in [0.25, 0.3) is 0 Å². The molecule has 0 radical (unpaired) electrons. The van der Waals surface area contributed by atoms with E-state index in [1.807, 2.05) is 7.05 Å². The second kappa shape index (κ2) is 10.3. The molecule has 25 heavy (non-hydrogen) atoms. The van der Waals surface area contributed by atoms with Crippen LogP contribution >= 0.6 is 24.0 Å². The van der Waals surface area contributed by atoms with E-state index >= 15 is 0 Å². The Labute approximate surface area is 168 Å². The number of morpholine rings is 1. The number of aliphatic imine (C=N–C) groups is 1. The van der Waals surface area contributed by atoms with Gasteiger partial charge in [-0.3, -0.25) is 9.89 Å². The highest BCUT2D eigenvalue weighted by molar-refractivity contribution is 14.0. The van der Waals surface area contributed by atoms with Crippen LogP contribution in [0.25, 0.3) is 0 Å². The number of hydrogen-bond donors (Lipinski definition) is 2. The Morgan fingerprint density at radius 3 is 2.80 bits per heavy atom. The van der Waals surface area contributed by atoms with Gasteiger partial charge in [-0.1, -0.05) is 24.3 Å². The SMILES string of the molecule is CN=C(NCc1cccc(CN2CCOC(C)C2)c1)NCC1CC1.I. The number of benzene rings is 1. The van der Waals surface area contributed by atoms with E-state index in [9.17, 15) is 0 Å². The quantitative estimate of drug-likeness (QED) is 0.391. The smallest absolute Gasteiger partial charge is 0.191 e. The van der Waals surface area contributed by atoms with E-state index in [0.717, 1.165) is 51.2 Å². The predicted octanol–water partition coefficient (Wildman–Crippen LogP) is 2.60. The Balaban J connectivity index is 0.00000225. The van der Waals surface area contributed by atoms with Crippen LogP contribution in [0.1, 0.15) is 30.9 Å². The van der Waals surface area contributed by atoms with Crippen LogP contribution in [-0.2, 0) is 17.8 Å². The molecule has 1 atom stereocenters. The van der Waals surface area contributed by atoms with Crippen LogP contribution in [0, 0.1) is 5.92 Å². The number of halogens is 1. The number of ether oxygens (including phenoxy) is 1. The third-order valence-electron chi connectivity index (χ3n) is 4.66. The zero-order valence-corrected chi connectivity index (χ0v) is 17.7. The molecule has 1 unspecified atom stereocenters. The third-order valence-corrected chi connectivity index (χ3v) is 4.66. The summed E-state index contributed by atoms with van der Waals surface area (Å²) in [5, 5.41) is 6.82. The summed E-state index contributed by atoms with van der Waals surface area (Å²) in [6.07, 6.45) is 3.04. The molecule has 0 amide bonds. The van der Waals surface area contributed by atoms with E-state index in [0.29, 0.717) is 6.10 Å². The first kappa shape index (κ1) is 20.5. The van der Waals surface area contributed by atoms with E-state index < -0.39 is 0 Å². The van der Waals surface area contributed by atoms with Crippen LogP contribution in [0.5, 0.6) is 0 Å². The van der Waals surface area contributed by atoms with E-state index in [1.165, 1.54) is 24.0 Å². The molecule has 2 aliphatic rings. The highest BCUT2D eigenvalue weighted by Crippen LogP contribution is 2.27. The molecule has 1 saturated carbocycles. The maximum atomic E-state index is 5.62. The van der Waals surface area contributed by atoms with Gasteiger partial charge in [-0.05, 0) is 36.8 Å². The van der Waals surface area contributed by atoms with Crippen LogP contribution in [0.3, 0.4) is 0 Å². The van der Waals surface area contributed by atoms with Crippen LogP contribution < -0.4 is 10.6 Å². The highest BCUT2D eigenvalue weighted by atomic mass is 127. The summed E-state index contributed by atoms with van der Waals surface area (Å²) >= 11 is 0. The molecular formula is C19H31IN4O. The summed E-state index contributed by atoms with van der Waals surface area (Å²) in [6, 6.07) is 8.83. The normalized spacial score (nSPS) is 21.5. The average molecular weight is 458 g/mol. The van der Waals surface area contributed by atoms with Gasteiger partial charge in [0, 0.05) is 39.8 Å². The van der Waals surface area contributed by atoms with Crippen molar-refractivity contribution >= 4 is 29.9 Å². The summed E-state index contributed by atoms with van der Waals surface area (Å²) in [7, 11) is 1.83. The third kappa shape index (κ3) is 7.11. The van der Waals surface area contributed by atoms with Crippen molar-refractivity contribution in [2.75, 3.05) is 33.3 Å². The summed E-state index contributed by atoms with van der Waals surface area (Å²) in [5.74, 6) is 1.75. The van der Waals surface area contributed by atoms with E-state index in [4.69, 9.17) is 4.74 Å². The van der Waals surface area contributed by atoms with Gasteiger partial charge in [-0.2, -0.15) is 0 Å². The van der Waals surface area contributed by atoms with Gasteiger partial charge in [0.15, 0.2) is 5.96 Å². The number of rotatable bonds is 6. The van der Waals surface area contributed by atoms with Crippen molar-refractivity contribution in [1.82, 2.24) is 15.5 Å². The number of nitrogens with zero attached hydrogens (tertiary/aromatic N) is 2. The average Bonchev–Trinajstić information content (AvgIpc) is 3.40. The van der Waals surface area contributed by atoms with E-state index in [2.05, 4.69) is 51.7 Å². The number of hydrogen-bond acceptors (Lipinski definition) is 3. The van der Waals surface area contributed by atoms with Gasteiger partial charge in [0.2, 0.25) is 0 Å². The zero-order valence-electron chi connectivity index (χ0n) is 15.3. The standard InChI is InChI=1S/C19H30N4O.HI/c1-15-13-23(8-9-24-15)14-18-5-3-4-17(10-18)12-22-19(20-2)21-11-16-6-7-16;/h3-5,10,15-16H,6-9,11-14H2,1-2H3,(H2,20,21,22);1H. The van der Waals surface area contributed by atoms with Crippen LogP contribution in [0.4, 0.5) is 0 Å². The van der Waals surface area contributed by atoms with Gasteiger partial charge in [0.1, 0.15) is 0 Å². The number of guanidine groups is 1. The first-order valence-corrected chi connectivity index (χ1v) is 9.09. The Bertz CT molecular complexity index is 562. The first-order chi connectivity index (χ1) is 11.7. The lowest BCUT2D eigenvalue weighted by atomic mass is 10.1. The molecule has 0 aromatic heterocycles. The molecule has 3 rings (SSSR count). The van der Waals surface area contributed by atoms with Crippen molar-refractivity contribution in [3.05, 3.63) is 35.4 Å². The Kier molecular flexibility index (Phi) is 8.45. The molecule has 1 aliphatic heterocycles. The molecule has 0 spiro atoms. The molecule has 1 aliphatic carbocycles. The predicted molar refractivity (Wildman–Crippen MR) is 113 cm³/mol. The van der Waals surface area contributed by atoms with Crippen molar-refractivity contribution in [3.8, 4) is 0 Å². The minimum atomic E-state index is 0. The highest BCUT2D eigenvalue weighted by Gasteiger charge is 2.21. The Morgan fingerprint density at radius 1 is 1.28 bits per heavy atom. The largest absolute Gasteiger partial charge is 0.376 e. The van der Waals surface area contributed by atoms with Gasteiger partial charge >= 0.3 is 0 Å². The minimum absolute atomic E-state index is 0. The number of nitrogens with one attached hydrogen (secondary N) is 2. The zero-order chi connectivity index (χ0) is 16.8. The molecule has 1 heterocycles. The summed E-state index contributed by atoms with van der Waals surface area (Å²) in [5.41, 5.74) is 2.66. The fourth-order valence-electron chi connectivity index (χ4n) is 3.10. The van der Waals surface area contributed by atoms with Crippen molar-refractivity contribution < 1.29 is 4.74 Å². The van der Waals surface area contributed by atoms with Crippen molar-refractivity contribution in [2.24, 2.45) is 10.9 Å². The van der Waals surface area contributed by atoms with Gasteiger partial charge in [-0.15, -0.1) is 24.0 Å². The lowest BCUT2D eigenvalue weighted by Gasteiger charge is -2.31. The summed E-state index contributed by atoms with van der Waals surface area (Å²) in [6.45, 7) is 7.85. The van der Waals surface area contributed by atoms with Crippen LogP contribution in [0.15, 0.2) is 29.3 Å². The van der Waals surface area contributed by atoms with Crippen LogP contribution in [0.2, 0.25) is 0 Å². The lowest BCUT2D eigenvalue weighted by Crippen LogP contribution is -2.40. The maximum Gasteiger partial charge on any atom is 0.191 e. The summed E-state index contributed by atoms with van der Waals surface area (Å²) < 4.78 is 5.62. The second-order valence-electron chi connectivity index (χ2n) is 6.99. The topological polar surface area (TPSA) is 48.9 Å². The lowest BCUT2D eigenvalue weighted by molar-refractivity contribution is -0.0212. The molecule has 2 N–H and O–H groups in total.